The number of benzene rings is 1. The first-order valence-electron chi connectivity index (χ1n) is 4.18. The maximum atomic E-state index is 8.82. The number of hydrogen-bond donors (Lipinski definition) is 1. The summed E-state index contributed by atoms with van der Waals surface area (Å²) in [6.45, 7) is 0.898. The lowest BCUT2D eigenvalue weighted by Gasteiger charge is -2.12. The predicted molar refractivity (Wildman–Crippen MR) is 56.8 cm³/mol. The molecule has 0 aliphatic carbocycles. The molecule has 0 fully saturated rings. The summed E-state index contributed by atoms with van der Waals surface area (Å²) < 4.78 is 0. The molecule has 0 radical (unpaired) electrons. The van der Waals surface area contributed by atoms with E-state index in [1.165, 1.54) is 10.5 Å². The predicted octanol–water partition coefficient (Wildman–Crippen LogP) is 1.79. The lowest BCUT2D eigenvalue weighted by Crippen LogP contribution is -2.18. The van der Waals surface area contributed by atoms with Crippen molar-refractivity contribution >= 4 is 11.8 Å². The van der Waals surface area contributed by atoms with Gasteiger partial charge in [0.05, 0.1) is 6.73 Å². The van der Waals surface area contributed by atoms with E-state index in [0.717, 1.165) is 6.54 Å². The number of rotatable bonds is 4. The lowest BCUT2D eigenvalue weighted by atomic mass is 10.2. The SMILES string of the molecule is CSc1ccc(CN(C)CO)cc1. The molecule has 1 N–H and O–H groups in total. The second-order valence-electron chi connectivity index (χ2n) is 3.00. The molecule has 13 heavy (non-hydrogen) atoms. The van der Waals surface area contributed by atoms with Gasteiger partial charge < -0.3 is 5.11 Å². The number of hydrogen-bond acceptors (Lipinski definition) is 3. The summed E-state index contributed by atoms with van der Waals surface area (Å²) in [5, 5.41) is 8.82. The van der Waals surface area contributed by atoms with Crippen LogP contribution in [0.1, 0.15) is 5.56 Å². The van der Waals surface area contributed by atoms with E-state index in [1.807, 2.05) is 11.9 Å². The third kappa shape index (κ3) is 3.38. The van der Waals surface area contributed by atoms with Crippen molar-refractivity contribution in [2.45, 2.75) is 11.4 Å². The highest BCUT2D eigenvalue weighted by molar-refractivity contribution is 7.98. The maximum absolute atomic E-state index is 8.82. The molecule has 1 aromatic carbocycles. The van der Waals surface area contributed by atoms with Crippen molar-refractivity contribution in [2.75, 3.05) is 20.0 Å². The zero-order valence-corrected chi connectivity index (χ0v) is 8.84. The van der Waals surface area contributed by atoms with E-state index in [2.05, 4.69) is 30.5 Å². The molecule has 2 nitrogen and oxygen atoms in total. The van der Waals surface area contributed by atoms with Crippen LogP contribution < -0.4 is 0 Å². The van der Waals surface area contributed by atoms with Crippen molar-refractivity contribution in [1.82, 2.24) is 4.90 Å². The molecule has 0 amide bonds. The van der Waals surface area contributed by atoms with Gasteiger partial charge in [-0.15, -0.1) is 11.8 Å². The molecule has 0 unspecified atom stereocenters. The van der Waals surface area contributed by atoms with Crippen molar-refractivity contribution in [3.63, 3.8) is 0 Å². The molecule has 0 bridgehead atoms. The van der Waals surface area contributed by atoms with Gasteiger partial charge in [-0.2, -0.15) is 0 Å². The van der Waals surface area contributed by atoms with Gasteiger partial charge in [-0.05, 0) is 31.0 Å². The Morgan fingerprint density at radius 3 is 2.38 bits per heavy atom. The van der Waals surface area contributed by atoms with E-state index < -0.39 is 0 Å². The maximum Gasteiger partial charge on any atom is 0.0956 e. The molecule has 1 aromatic rings. The van der Waals surface area contributed by atoms with Crippen LogP contribution in [0, 0.1) is 0 Å². The van der Waals surface area contributed by atoms with E-state index in [-0.39, 0.29) is 6.73 Å². The Morgan fingerprint density at radius 2 is 1.92 bits per heavy atom. The van der Waals surface area contributed by atoms with Crippen LogP contribution in [0.15, 0.2) is 29.2 Å². The quantitative estimate of drug-likeness (QED) is 0.588. The lowest BCUT2D eigenvalue weighted by molar-refractivity contribution is 0.127. The second-order valence-corrected chi connectivity index (χ2v) is 3.88. The van der Waals surface area contributed by atoms with Gasteiger partial charge in [-0.1, -0.05) is 12.1 Å². The van der Waals surface area contributed by atoms with E-state index >= 15 is 0 Å². The van der Waals surface area contributed by atoms with Crippen molar-refractivity contribution < 1.29 is 5.11 Å². The number of aliphatic hydroxyl groups excluding tert-OH is 1. The van der Waals surface area contributed by atoms with Crippen molar-refractivity contribution in [2.24, 2.45) is 0 Å². The average molecular weight is 197 g/mol. The van der Waals surface area contributed by atoms with Gasteiger partial charge in [0.1, 0.15) is 0 Å². The van der Waals surface area contributed by atoms with Crippen molar-refractivity contribution in [1.29, 1.82) is 0 Å². The van der Waals surface area contributed by atoms with Gasteiger partial charge in [0.15, 0.2) is 0 Å². The van der Waals surface area contributed by atoms with Gasteiger partial charge in [-0.3, -0.25) is 4.90 Å². The van der Waals surface area contributed by atoms with Gasteiger partial charge in [0, 0.05) is 11.4 Å². The summed E-state index contributed by atoms with van der Waals surface area (Å²) in [5.74, 6) is 0. The first-order chi connectivity index (χ1) is 6.26. The Morgan fingerprint density at radius 1 is 1.31 bits per heavy atom. The molecule has 0 atom stereocenters. The van der Waals surface area contributed by atoms with E-state index in [1.54, 1.807) is 11.8 Å². The van der Waals surface area contributed by atoms with Gasteiger partial charge in [0.2, 0.25) is 0 Å². The number of thioether (sulfide) groups is 1. The van der Waals surface area contributed by atoms with Crippen LogP contribution in [0.25, 0.3) is 0 Å². The number of aliphatic hydroxyl groups is 1. The molecule has 72 valence electrons. The van der Waals surface area contributed by atoms with Gasteiger partial charge in [0.25, 0.3) is 0 Å². The molecule has 0 saturated heterocycles. The molecule has 0 spiro atoms. The van der Waals surface area contributed by atoms with Crippen molar-refractivity contribution in [3.8, 4) is 0 Å². The first-order valence-corrected chi connectivity index (χ1v) is 5.41. The highest BCUT2D eigenvalue weighted by Crippen LogP contribution is 2.15. The molecular formula is C10H15NOS. The largest absolute Gasteiger partial charge is 0.381 e. The van der Waals surface area contributed by atoms with Crippen LogP contribution in [0.5, 0.6) is 0 Å². The summed E-state index contributed by atoms with van der Waals surface area (Å²) >= 11 is 1.74. The van der Waals surface area contributed by atoms with Gasteiger partial charge in [-0.25, -0.2) is 0 Å². The Hall–Kier alpha value is -0.510. The molecular weight excluding hydrogens is 182 g/mol. The zero-order valence-electron chi connectivity index (χ0n) is 8.03. The molecule has 0 saturated carbocycles. The fourth-order valence-corrected chi connectivity index (χ4v) is 1.50. The van der Waals surface area contributed by atoms with Crippen LogP contribution in [0.4, 0.5) is 0 Å². The molecule has 0 heterocycles. The smallest absolute Gasteiger partial charge is 0.0956 e. The Balaban J connectivity index is 2.58. The van der Waals surface area contributed by atoms with Crippen LogP contribution in [-0.2, 0) is 6.54 Å². The third-order valence-corrected chi connectivity index (χ3v) is 2.60. The molecule has 3 heteroatoms. The summed E-state index contributed by atoms with van der Waals surface area (Å²) in [6.07, 6.45) is 2.06. The highest BCUT2D eigenvalue weighted by atomic mass is 32.2. The fourth-order valence-electron chi connectivity index (χ4n) is 1.09. The van der Waals surface area contributed by atoms with Crippen LogP contribution >= 0.6 is 11.8 Å². The minimum absolute atomic E-state index is 0.101. The van der Waals surface area contributed by atoms with Gasteiger partial charge >= 0.3 is 0 Å². The minimum atomic E-state index is 0.101. The monoisotopic (exact) mass is 197 g/mol. The topological polar surface area (TPSA) is 23.5 Å². The van der Waals surface area contributed by atoms with Crippen LogP contribution in [0.3, 0.4) is 0 Å². The Kier molecular flexibility index (Phi) is 4.28. The molecule has 1 rings (SSSR count). The standard InChI is InChI=1S/C10H15NOS/c1-11(8-12)7-9-3-5-10(13-2)6-4-9/h3-6,12H,7-8H2,1-2H3. The summed E-state index contributed by atoms with van der Waals surface area (Å²) in [7, 11) is 1.89. The molecule has 0 aliphatic rings. The van der Waals surface area contributed by atoms with E-state index in [0.29, 0.717) is 0 Å². The third-order valence-electron chi connectivity index (χ3n) is 1.85. The Labute approximate surface area is 83.6 Å². The second kappa shape index (κ2) is 5.27. The first kappa shape index (κ1) is 10.6. The normalized spacial score (nSPS) is 10.8. The highest BCUT2D eigenvalue weighted by Gasteiger charge is 1.97. The fraction of sp³-hybridized carbons (Fsp3) is 0.400. The molecule has 0 aromatic heterocycles. The van der Waals surface area contributed by atoms with Crippen LogP contribution in [0.2, 0.25) is 0 Å². The van der Waals surface area contributed by atoms with E-state index in [9.17, 15) is 0 Å². The van der Waals surface area contributed by atoms with Crippen molar-refractivity contribution in [3.05, 3.63) is 29.8 Å². The summed E-state index contributed by atoms with van der Waals surface area (Å²) in [5.41, 5.74) is 1.23. The van der Waals surface area contributed by atoms with E-state index in [4.69, 9.17) is 5.11 Å². The van der Waals surface area contributed by atoms with Crippen LogP contribution in [-0.4, -0.2) is 30.0 Å². The summed E-state index contributed by atoms with van der Waals surface area (Å²) in [4.78, 5) is 3.13. The average Bonchev–Trinajstić information content (AvgIpc) is 2.19. The summed E-state index contributed by atoms with van der Waals surface area (Å²) in [6, 6.07) is 8.40. The minimum Gasteiger partial charge on any atom is -0.381 e. The number of nitrogens with zero attached hydrogens (tertiary/aromatic N) is 1. The molecule has 0 aliphatic heterocycles. The Bertz CT molecular complexity index is 248. The zero-order chi connectivity index (χ0) is 9.68.